The highest BCUT2D eigenvalue weighted by Crippen LogP contribution is 2.28. The van der Waals surface area contributed by atoms with Gasteiger partial charge in [-0.1, -0.05) is 0 Å². The third-order valence-corrected chi connectivity index (χ3v) is 4.53. The molecule has 1 aliphatic rings. The van der Waals surface area contributed by atoms with E-state index in [1.54, 1.807) is 6.07 Å². The van der Waals surface area contributed by atoms with Gasteiger partial charge in [-0.3, -0.25) is 14.9 Å². The number of carbonyl (C=O) groups is 1. The summed E-state index contributed by atoms with van der Waals surface area (Å²) in [7, 11) is 0. The van der Waals surface area contributed by atoms with E-state index >= 15 is 0 Å². The van der Waals surface area contributed by atoms with Crippen LogP contribution in [-0.2, 0) is 4.79 Å². The monoisotopic (exact) mass is 380 g/mol. The van der Waals surface area contributed by atoms with Crippen molar-refractivity contribution in [2.45, 2.75) is 19.3 Å². The predicted octanol–water partition coefficient (Wildman–Crippen LogP) is 2.92. The minimum absolute atomic E-state index is 0.0669. The van der Waals surface area contributed by atoms with Crippen molar-refractivity contribution in [3.05, 3.63) is 32.8 Å². The molecule has 7 nitrogen and oxygen atoms in total. The number of hydrogen-bond donors (Lipinski definition) is 1. The zero-order valence-corrected chi connectivity index (χ0v) is 14.1. The van der Waals surface area contributed by atoms with Gasteiger partial charge in [0, 0.05) is 36.1 Å². The van der Waals surface area contributed by atoms with Gasteiger partial charge in [0.1, 0.15) is 0 Å². The number of non-ortho nitro benzene ring substituents is 1. The highest BCUT2D eigenvalue weighted by Gasteiger charge is 2.26. The first-order valence-corrected chi connectivity index (χ1v) is 8.14. The maximum atomic E-state index is 12.4. The standard InChI is InChI=1S/C15H17BrN4O3/c16-13-5-4-12(20(22)23)9-14(13)18-15(21)11-3-1-7-19(10-11)8-2-6-17/h4-5,9,11H,1-3,7-8,10H2,(H,18,21). The molecular weight excluding hydrogens is 364 g/mol. The van der Waals surface area contributed by atoms with Crippen molar-refractivity contribution in [3.63, 3.8) is 0 Å². The SMILES string of the molecule is N#CCCN1CCCC(C(=O)Nc2cc([N+](=O)[O-])ccc2Br)C1. The highest BCUT2D eigenvalue weighted by atomic mass is 79.9. The van der Waals surface area contributed by atoms with Gasteiger partial charge < -0.3 is 10.2 Å². The third kappa shape index (κ3) is 4.74. The molecule has 1 fully saturated rings. The number of nitro benzene ring substituents is 1. The summed E-state index contributed by atoms with van der Waals surface area (Å²) in [4.78, 5) is 24.9. The van der Waals surface area contributed by atoms with E-state index in [1.165, 1.54) is 12.1 Å². The minimum atomic E-state index is -0.494. The molecule has 1 saturated heterocycles. The number of likely N-dealkylation sites (tertiary alicyclic amines) is 1. The molecule has 1 aromatic carbocycles. The van der Waals surface area contributed by atoms with Crippen molar-refractivity contribution in [1.82, 2.24) is 4.90 Å². The molecule has 1 N–H and O–H groups in total. The van der Waals surface area contributed by atoms with E-state index in [0.29, 0.717) is 29.7 Å². The molecular formula is C15H17BrN4O3. The Morgan fingerprint density at radius 2 is 2.35 bits per heavy atom. The van der Waals surface area contributed by atoms with Crippen molar-refractivity contribution in [2.75, 3.05) is 25.0 Å². The summed E-state index contributed by atoms with van der Waals surface area (Å²) < 4.78 is 0.605. The van der Waals surface area contributed by atoms with Crippen molar-refractivity contribution in [1.29, 1.82) is 5.26 Å². The Hall–Kier alpha value is -1.98. The molecule has 1 atom stereocenters. The van der Waals surface area contributed by atoms with Gasteiger partial charge in [0.05, 0.1) is 22.6 Å². The van der Waals surface area contributed by atoms with Gasteiger partial charge in [0.15, 0.2) is 0 Å². The largest absolute Gasteiger partial charge is 0.325 e. The van der Waals surface area contributed by atoms with Gasteiger partial charge in [0.2, 0.25) is 5.91 Å². The Morgan fingerprint density at radius 3 is 3.04 bits per heavy atom. The van der Waals surface area contributed by atoms with Gasteiger partial charge >= 0.3 is 0 Å². The average Bonchev–Trinajstić information content (AvgIpc) is 2.55. The van der Waals surface area contributed by atoms with Crippen molar-refractivity contribution < 1.29 is 9.72 Å². The first kappa shape index (κ1) is 17.4. The predicted molar refractivity (Wildman–Crippen MR) is 88.8 cm³/mol. The molecule has 0 aromatic heterocycles. The molecule has 8 heteroatoms. The Morgan fingerprint density at radius 1 is 1.57 bits per heavy atom. The number of hydrogen-bond acceptors (Lipinski definition) is 5. The second-order valence-corrected chi connectivity index (χ2v) is 6.31. The van der Waals surface area contributed by atoms with Crippen LogP contribution in [0.3, 0.4) is 0 Å². The quantitative estimate of drug-likeness (QED) is 0.625. The van der Waals surface area contributed by atoms with E-state index < -0.39 is 4.92 Å². The second-order valence-electron chi connectivity index (χ2n) is 5.46. The van der Waals surface area contributed by atoms with E-state index in [4.69, 9.17) is 5.26 Å². The molecule has 0 aliphatic carbocycles. The lowest BCUT2D eigenvalue weighted by Crippen LogP contribution is -2.41. The normalized spacial score (nSPS) is 18.2. The van der Waals surface area contributed by atoms with Crippen molar-refractivity contribution in [2.24, 2.45) is 5.92 Å². The fraction of sp³-hybridized carbons (Fsp3) is 0.467. The number of nitrogens with one attached hydrogen (secondary N) is 1. The lowest BCUT2D eigenvalue weighted by atomic mass is 9.97. The number of amides is 1. The molecule has 122 valence electrons. The number of benzene rings is 1. The Bertz CT molecular complexity index is 644. The summed E-state index contributed by atoms with van der Waals surface area (Å²) in [6, 6.07) is 6.38. The maximum absolute atomic E-state index is 12.4. The molecule has 0 bridgehead atoms. The number of carbonyl (C=O) groups excluding carboxylic acids is 1. The molecule has 0 radical (unpaired) electrons. The highest BCUT2D eigenvalue weighted by molar-refractivity contribution is 9.10. The van der Waals surface area contributed by atoms with Crippen LogP contribution in [0.1, 0.15) is 19.3 Å². The van der Waals surface area contributed by atoms with Crippen LogP contribution in [0.15, 0.2) is 22.7 Å². The summed E-state index contributed by atoms with van der Waals surface area (Å²) in [5, 5.41) is 22.3. The Kier molecular flexibility index (Phi) is 6.07. The van der Waals surface area contributed by atoms with Gasteiger partial charge in [0.25, 0.3) is 5.69 Å². The second kappa shape index (κ2) is 8.04. The number of rotatable bonds is 5. The summed E-state index contributed by atoms with van der Waals surface area (Å²) in [6.07, 6.45) is 2.13. The van der Waals surface area contributed by atoms with Crippen LogP contribution in [0.4, 0.5) is 11.4 Å². The van der Waals surface area contributed by atoms with Gasteiger partial charge in [-0.05, 0) is 41.4 Å². The lowest BCUT2D eigenvalue weighted by molar-refractivity contribution is -0.384. The van der Waals surface area contributed by atoms with Crippen molar-refractivity contribution >= 4 is 33.2 Å². The van der Waals surface area contributed by atoms with Crippen LogP contribution >= 0.6 is 15.9 Å². The van der Waals surface area contributed by atoms with Crippen LogP contribution in [0.2, 0.25) is 0 Å². The Balaban J connectivity index is 2.02. The summed E-state index contributed by atoms with van der Waals surface area (Å²) in [5.74, 6) is -0.318. The first-order valence-electron chi connectivity index (χ1n) is 7.35. The molecule has 1 aromatic rings. The number of nitro groups is 1. The molecule has 1 unspecified atom stereocenters. The fourth-order valence-corrected chi connectivity index (χ4v) is 2.98. The Labute approximate surface area is 142 Å². The molecule has 0 saturated carbocycles. The lowest BCUT2D eigenvalue weighted by Gasteiger charge is -2.31. The van der Waals surface area contributed by atoms with E-state index in [-0.39, 0.29) is 17.5 Å². The van der Waals surface area contributed by atoms with Crippen LogP contribution in [0.25, 0.3) is 0 Å². The number of nitrogens with zero attached hydrogens (tertiary/aromatic N) is 3. The number of piperidine rings is 1. The summed E-state index contributed by atoms with van der Waals surface area (Å²) >= 11 is 3.29. The summed E-state index contributed by atoms with van der Waals surface area (Å²) in [5.41, 5.74) is 0.334. The number of anilines is 1. The van der Waals surface area contributed by atoms with Gasteiger partial charge in [-0.25, -0.2) is 0 Å². The van der Waals surface area contributed by atoms with Crippen molar-refractivity contribution in [3.8, 4) is 6.07 Å². The molecule has 1 aliphatic heterocycles. The molecule has 2 rings (SSSR count). The van der Waals surface area contributed by atoms with Gasteiger partial charge in [-0.2, -0.15) is 5.26 Å². The number of halogens is 1. The minimum Gasteiger partial charge on any atom is -0.325 e. The smallest absolute Gasteiger partial charge is 0.271 e. The van der Waals surface area contributed by atoms with E-state index in [9.17, 15) is 14.9 Å². The first-order chi connectivity index (χ1) is 11.0. The molecule has 0 spiro atoms. The molecule has 1 heterocycles. The van der Waals surface area contributed by atoms with Crippen LogP contribution in [-0.4, -0.2) is 35.4 Å². The fourth-order valence-electron chi connectivity index (χ4n) is 2.64. The zero-order chi connectivity index (χ0) is 16.8. The maximum Gasteiger partial charge on any atom is 0.271 e. The van der Waals surface area contributed by atoms with Crippen LogP contribution in [0, 0.1) is 27.4 Å². The molecule has 23 heavy (non-hydrogen) atoms. The third-order valence-electron chi connectivity index (χ3n) is 3.83. The zero-order valence-electron chi connectivity index (χ0n) is 12.5. The van der Waals surface area contributed by atoms with E-state index in [2.05, 4.69) is 32.2 Å². The van der Waals surface area contributed by atoms with E-state index in [0.717, 1.165) is 19.4 Å². The molecule has 1 amide bonds. The average molecular weight is 381 g/mol. The van der Waals surface area contributed by atoms with Crippen LogP contribution in [0.5, 0.6) is 0 Å². The van der Waals surface area contributed by atoms with Crippen LogP contribution < -0.4 is 5.32 Å². The topological polar surface area (TPSA) is 99.3 Å². The van der Waals surface area contributed by atoms with Gasteiger partial charge in [-0.15, -0.1) is 0 Å². The van der Waals surface area contributed by atoms with E-state index in [1.807, 2.05) is 0 Å². The number of nitriles is 1. The summed E-state index contributed by atoms with van der Waals surface area (Å²) in [6.45, 7) is 2.17.